The zero-order valence-corrected chi connectivity index (χ0v) is 24.9. The van der Waals surface area contributed by atoms with Crippen LogP contribution in [0.4, 0.5) is 11.4 Å². The average molecular weight is 604 g/mol. The van der Waals surface area contributed by atoms with Gasteiger partial charge in [0.05, 0.1) is 37.8 Å². The summed E-state index contributed by atoms with van der Waals surface area (Å²) in [4.78, 5) is 26.0. The maximum absolute atomic E-state index is 13.3. The van der Waals surface area contributed by atoms with Crippen molar-refractivity contribution in [3.63, 3.8) is 0 Å². The van der Waals surface area contributed by atoms with Crippen LogP contribution in [0.25, 0.3) is 0 Å². The number of aliphatic hydroxyl groups is 1. The number of nitrogens with one attached hydrogen (secondary N) is 2. The zero-order chi connectivity index (χ0) is 31.1. The molecule has 10 nitrogen and oxygen atoms in total. The minimum absolute atomic E-state index is 0.0209. The third kappa shape index (κ3) is 9.39. The maximum atomic E-state index is 13.3. The molecule has 3 aromatic carbocycles. The Morgan fingerprint density at radius 1 is 0.886 bits per heavy atom. The van der Waals surface area contributed by atoms with Crippen LogP contribution in [0.3, 0.4) is 0 Å². The number of nitrogen functional groups attached to an aromatic ring is 1. The minimum atomic E-state index is -0.637. The van der Waals surface area contributed by atoms with Crippen molar-refractivity contribution in [2.24, 2.45) is 5.92 Å². The van der Waals surface area contributed by atoms with E-state index in [0.717, 1.165) is 11.1 Å². The molecule has 0 aliphatic carbocycles. The van der Waals surface area contributed by atoms with Gasteiger partial charge in [-0.2, -0.15) is 0 Å². The summed E-state index contributed by atoms with van der Waals surface area (Å²) in [5, 5.41) is 14.6. The van der Waals surface area contributed by atoms with Crippen molar-refractivity contribution in [1.29, 1.82) is 0 Å². The molecule has 0 unspecified atom stereocenters. The summed E-state index contributed by atoms with van der Waals surface area (Å²) in [5.74, 6) is -0.649. The van der Waals surface area contributed by atoms with Crippen LogP contribution in [-0.4, -0.2) is 62.9 Å². The molecule has 10 heteroatoms. The smallest absolute Gasteiger partial charge is 0.286 e. The first-order valence-corrected chi connectivity index (χ1v) is 14.8. The quantitative estimate of drug-likeness (QED) is 0.141. The summed E-state index contributed by atoms with van der Waals surface area (Å²) in [6.45, 7) is 4.11. The van der Waals surface area contributed by atoms with Crippen LogP contribution in [0.2, 0.25) is 0 Å². The normalized spacial score (nSPS) is 17.8. The molecular formula is C34H41N3O7. The Morgan fingerprint density at radius 2 is 1.59 bits per heavy atom. The fraction of sp³-hybridized carbons (Fsp3) is 0.353. The van der Waals surface area contributed by atoms with Crippen molar-refractivity contribution in [3.8, 4) is 0 Å². The molecule has 0 saturated heterocycles. The number of allylic oxidation sites excluding steroid dienone is 1. The number of rotatable bonds is 16. The van der Waals surface area contributed by atoms with Gasteiger partial charge in [-0.1, -0.05) is 54.6 Å². The SMILES string of the molecule is CCO[C@@H]1OC(C(=O)NCc2ccc(C(=O)Nc3ccccc3N)cc2)=C[C@H](c2ccccc2)[C@H]1CCOCCOCCO. The third-order valence-corrected chi connectivity index (χ3v) is 7.21. The number of aliphatic hydroxyl groups excluding tert-OH is 1. The molecule has 4 rings (SSSR count). The molecule has 0 radical (unpaired) electrons. The minimum Gasteiger partial charge on any atom is -0.459 e. The Kier molecular flexibility index (Phi) is 12.8. The van der Waals surface area contributed by atoms with Crippen LogP contribution in [-0.2, 0) is 30.3 Å². The largest absolute Gasteiger partial charge is 0.459 e. The highest BCUT2D eigenvalue weighted by Crippen LogP contribution is 2.38. The molecule has 2 amide bonds. The lowest BCUT2D eigenvalue weighted by Crippen LogP contribution is -2.39. The zero-order valence-electron chi connectivity index (χ0n) is 24.9. The second-order valence-electron chi connectivity index (χ2n) is 10.2. The second-order valence-corrected chi connectivity index (χ2v) is 10.2. The number of carbonyl (C=O) groups is 2. The number of hydrogen-bond donors (Lipinski definition) is 4. The number of nitrogens with two attached hydrogens (primary N) is 1. The van der Waals surface area contributed by atoms with Crippen molar-refractivity contribution in [3.05, 3.63) is 107 Å². The van der Waals surface area contributed by atoms with E-state index in [-0.39, 0.29) is 49.2 Å². The molecule has 0 spiro atoms. The van der Waals surface area contributed by atoms with Crippen molar-refractivity contribution in [1.82, 2.24) is 5.32 Å². The van der Waals surface area contributed by atoms with E-state index < -0.39 is 6.29 Å². The van der Waals surface area contributed by atoms with Crippen LogP contribution in [0.1, 0.15) is 40.7 Å². The molecule has 1 heterocycles. The lowest BCUT2D eigenvalue weighted by Gasteiger charge is -2.37. The molecule has 3 atom stereocenters. The second kappa shape index (κ2) is 17.2. The van der Waals surface area contributed by atoms with E-state index in [1.54, 1.807) is 48.5 Å². The van der Waals surface area contributed by atoms with Crippen LogP contribution in [0, 0.1) is 5.92 Å². The van der Waals surface area contributed by atoms with Gasteiger partial charge in [0.1, 0.15) is 0 Å². The van der Waals surface area contributed by atoms with Gasteiger partial charge < -0.3 is 40.4 Å². The Bertz CT molecular complexity index is 1360. The fourth-order valence-electron chi connectivity index (χ4n) is 4.95. The number of amides is 2. The van der Waals surface area contributed by atoms with E-state index in [4.69, 9.17) is 29.8 Å². The molecule has 1 aliphatic rings. The van der Waals surface area contributed by atoms with Crippen LogP contribution in [0.5, 0.6) is 0 Å². The molecular weight excluding hydrogens is 562 g/mol. The van der Waals surface area contributed by atoms with E-state index in [1.165, 1.54) is 0 Å². The van der Waals surface area contributed by atoms with E-state index in [0.29, 0.717) is 49.8 Å². The van der Waals surface area contributed by atoms with Gasteiger partial charge in [0.15, 0.2) is 5.76 Å². The molecule has 0 aromatic heterocycles. The van der Waals surface area contributed by atoms with E-state index in [2.05, 4.69) is 10.6 Å². The summed E-state index contributed by atoms with van der Waals surface area (Å²) < 4.78 is 23.1. The van der Waals surface area contributed by atoms with E-state index in [1.807, 2.05) is 43.3 Å². The molecule has 1 aliphatic heterocycles. The highest BCUT2D eigenvalue weighted by Gasteiger charge is 2.38. The summed E-state index contributed by atoms with van der Waals surface area (Å²) in [5.41, 5.74) is 9.31. The van der Waals surface area contributed by atoms with Crippen molar-refractivity contribution < 1.29 is 33.6 Å². The van der Waals surface area contributed by atoms with Gasteiger partial charge >= 0.3 is 0 Å². The number of hydrogen-bond acceptors (Lipinski definition) is 8. The third-order valence-electron chi connectivity index (χ3n) is 7.21. The van der Waals surface area contributed by atoms with Gasteiger partial charge in [-0.3, -0.25) is 9.59 Å². The number of carbonyl (C=O) groups excluding carboxylic acids is 2. The predicted molar refractivity (Wildman–Crippen MR) is 168 cm³/mol. The molecule has 0 bridgehead atoms. The van der Waals surface area contributed by atoms with Gasteiger partial charge in [0, 0.05) is 37.2 Å². The highest BCUT2D eigenvalue weighted by molar-refractivity contribution is 6.05. The van der Waals surface area contributed by atoms with Crippen molar-refractivity contribution in [2.45, 2.75) is 32.1 Å². The van der Waals surface area contributed by atoms with Gasteiger partial charge in [-0.15, -0.1) is 0 Å². The van der Waals surface area contributed by atoms with Gasteiger partial charge in [0.2, 0.25) is 6.29 Å². The first kappa shape index (κ1) is 32.7. The number of ether oxygens (including phenoxy) is 4. The first-order chi connectivity index (χ1) is 21.5. The standard InChI is InChI=1S/C34H41N3O7/c1-2-43-34-27(16-18-41-20-21-42-19-17-38)28(25-8-4-3-5-9-25)22-31(44-34)33(40)36-23-24-12-14-26(15-13-24)32(39)37-30-11-7-6-10-29(30)35/h3-15,22,27-28,34,38H,2,16-21,23,35H2,1H3,(H,36,40)(H,37,39)/t27-,28-,34-/m1/s1. The monoisotopic (exact) mass is 603 g/mol. The van der Waals surface area contributed by atoms with Gasteiger partial charge in [-0.25, -0.2) is 0 Å². The summed E-state index contributed by atoms with van der Waals surface area (Å²) in [7, 11) is 0. The Hall–Kier alpha value is -4.22. The van der Waals surface area contributed by atoms with Crippen molar-refractivity contribution >= 4 is 23.2 Å². The fourth-order valence-corrected chi connectivity index (χ4v) is 4.95. The first-order valence-electron chi connectivity index (χ1n) is 14.8. The molecule has 3 aromatic rings. The number of benzene rings is 3. The molecule has 0 fully saturated rings. The number of anilines is 2. The average Bonchev–Trinajstić information content (AvgIpc) is 3.05. The molecule has 0 saturated carbocycles. The lowest BCUT2D eigenvalue weighted by atomic mass is 9.81. The summed E-state index contributed by atoms with van der Waals surface area (Å²) in [6, 6.07) is 24.0. The van der Waals surface area contributed by atoms with Crippen LogP contribution in [0.15, 0.2) is 90.7 Å². The highest BCUT2D eigenvalue weighted by atomic mass is 16.7. The Labute approximate surface area is 258 Å². The Morgan fingerprint density at radius 3 is 2.30 bits per heavy atom. The predicted octanol–water partition coefficient (Wildman–Crippen LogP) is 4.23. The van der Waals surface area contributed by atoms with Gasteiger partial charge in [0.25, 0.3) is 11.8 Å². The maximum Gasteiger partial charge on any atom is 0.286 e. The van der Waals surface area contributed by atoms with Crippen LogP contribution >= 0.6 is 0 Å². The topological polar surface area (TPSA) is 141 Å². The Balaban J connectivity index is 1.39. The molecule has 234 valence electrons. The van der Waals surface area contributed by atoms with E-state index in [9.17, 15) is 9.59 Å². The summed E-state index contributed by atoms with van der Waals surface area (Å²) in [6.07, 6.45) is 1.87. The van der Waals surface area contributed by atoms with Crippen molar-refractivity contribution in [2.75, 3.05) is 50.7 Å². The number of para-hydroxylation sites is 2. The summed E-state index contributed by atoms with van der Waals surface area (Å²) >= 11 is 0. The van der Waals surface area contributed by atoms with E-state index >= 15 is 0 Å². The molecule has 5 N–H and O–H groups in total. The van der Waals surface area contributed by atoms with Crippen LogP contribution < -0.4 is 16.4 Å². The van der Waals surface area contributed by atoms with Gasteiger partial charge in [-0.05, 0) is 54.8 Å². The lowest BCUT2D eigenvalue weighted by molar-refractivity contribution is -0.168. The molecule has 44 heavy (non-hydrogen) atoms.